The minimum Gasteiger partial charge on any atom is -0.307 e. The van der Waals surface area contributed by atoms with Crippen LogP contribution in [0.4, 0.5) is 0 Å². The van der Waals surface area contributed by atoms with Crippen LogP contribution in [0.3, 0.4) is 0 Å². The van der Waals surface area contributed by atoms with Crippen molar-refractivity contribution in [3.63, 3.8) is 0 Å². The van der Waals surface area contributed by atoms with Gasteiger partial charge in [0.05, 0.1) is 6.34 Å². The molecule has 0 N–H and O–H groups in total. The van der Waals surface area contributed by atoms with E-state index >= 15 is 0 Å². The van der Waals surface area contributed by atoms with E-state index in [-0.39, 0.29) is 0 Å². The summed E-state index contributed by atoms with van der Waals surface area (Å²) in [5.41, 5.74) is 0. The maximum Gasteiger partial charge on any atom is 0.0949 e. The fourth-order valence-electron chi connectivity index (χ4n) is 4.03. The zero-order chi connectivity index (χ0) is 20.1. The Bertz CT molecular complexity index is 339. The Balaban J connectivity index is 2.18. The molecule has 0 saturated heterocycles. The van der Waals surface area contributed by atoms with Crippen LogP contribution in [0.15, 0.2) is 4.99 Å². The Morgan fingerprint density at radius 3 is 1.86 bits per heavy atom. The van der Waals surface area contributed by atoms with Crippen molar-refractivity contribution in [2.24, 2.45) is 4.99 Å². The molecule has 0 unspecified atom stereocenters. The Labute approximate surface area is 181 Å². The van der Waals surface area contributed by atoms with Gasteiger partial charge in [-0.3, -0.25) is 4.99 Å². The number of hydrogen-bond acceptors (Lipinski definition) is 2. The Morgan fingerprint density at radius 1 is 0.714 bits per heavy atom. The number of unbranched alkanes of at least 4 members (excludes halogenated alkanes) is 12. The lowest BCUT2D eigenvalue weighted by molar-refractivity contribution is 0.503. The molecule has 0 amide bonds. The van der Waals surface area contributed by atoms with Crippen molar-refractivity contribution in [1.82, 2.24) is 4.31 Å². The fourth-order valence-corrected chi connectivity index (χ4v) is 5.32. The first-order chi connectivity index (χ1) is 13.9. The van der Waals surface area contributed by atoms with E-state index in [1.165, 1.54) is 129 Å². The van der Waals surface area contributed by atoms with E-state index in [2.05, 4.69) is 36.4 Å². The van der Waals surface area contributed by atoms with E-state index in [9.17, 15) is 0 Å². The number of aliphatic imine (C=N–C) groups is 1. The van der Waals surface area contributed by atoms with E-state index in [0.717, 1.165) is 11.8 Å². The topological polar surface area (TPSA) is 15.6 Å². The largest absolute Gasteiger partial charge is 0.307 e. The first kappa shape index (κ1) is 25.9. The maximum atomic E-state index is 4.79. The summed E-state index contributed by atoms with van der Waals surface area (Å²) < 4.78 is 2.49. The van der Waals surface area contributed by atoms with Gasteiger partial charge < -0.3 is 4.31 Å². The molecule has 1 aliphatic carbocycles. The minimum atomic E-state index is 0.836. The second-order valence-corrected chi connectivity index (χ2v) is 10.1. The van der Waals surface area contributed by atoms with Gasteiger partial charge in [-0.2, -0.15) is 0 Å². The molecule has 28 heavy (non-hydrogen) atoms. The van der Waals surface area contributed by atoms with Crippen LogP contribution in [-0.4, -0.2) is 29.0 Å². The Kier molecular flexibility index (Phi) is 18.6. The molecule has 0 atom stereocenters. The molecule has 1 saturated carbocycles. The van der Waals surface area contributed by atoms with E-state index in [1.807, 2.05) is 0 Å². The standard InChI is InChI=1S/C25H50N2S/c1-3-5-7-9-11-13-18-22-26-24-27(28-25-20-16-15-17-21-25)23-19-14-12-10-8-6-4-2/h24-25H,3-23H2,1-2H3. The second kappa shape index (κ2) is 20.1. The molecule has 0 aromatic heterocycles. The zero-order valence-electron chi connectivity index (χ0n) is 19.3. The maximum absolute atomic E-state index is 4.79. The van der Waals surface area contributed by atoms with Gasteiger partial charge in [-0.05, 0) is 37.6 Å². The van der Waals surface area contributed by atoms with E-state index in [4.69, 9.17) is 4.99 Å². The third-order valence-corrected chi connectivity index (χ3v) is 7.24. The van der Waals surface area contributed by atoms with Crippen molar-refractivity contribution in [2.75, 3.05) is 13.1 Å². The first-order valence-electron chi connectivity index (χ1n) is 12.8. The number of hydrogen-bond donors (Lipinski definition) is 0. The van der Waals surface area contributed by atoms with E-state index in [0.29, 0.717) is 0 Å². The molecule has 0 aromatic rings. The minimum absolute atomic E-state index is 0.836. The van der Waals surface area contributed by atoms with Gasteiger partial charge in [0.1, 0.15) is 0 Å². The monoisotopic (exact) mass is 410 g/mol. The molecule has 0 radical (unpaired) electrons. The number of nitrogens with zero attached hydrogens (tertiary/aromatic N) is 2. The first-order valence-corrected chi connectivity index (χ1v) is 13.6. The highest BCUT2D eigenvalue weighted by atomic mass is 32.2. The van der Waals surface area contributed by atoms with Crippen LogP contribution >= 0.6 is 11.9 Å². The van der Waals surface area contributed by atoms with Crippen LogP contribution in [0.5, 0.6) is 0 Å². The molecule has 0 spiro atoms. The third-order valence-electron chi connectivity index (χ3n) is 5.92. The summed E-state index contributed by atoms with van der Waals surface area (Å²) in [5, 5.41) is 0.836. The van der Waals surface area contributed by atoms with Gasteiger partial charge in [0.15, 0.2) is 0 Å². The van der Waals surface area contributed by atoms with Crippen LogP contribution in [-0.2, 0) is 0 Å². The SMILES string of the molecule is CCCCCCCCCN=CN(CCCCCCCCC)SC1CCCCC1. The number of rotatable bonds is 19. The van der Waals surface area contributed by atoms with Crippen molar-refractivity contribution < 1.29 is 0 Å². The van der Waals surface area contributed by atoms with Crippen LogP contribution in [0.25, 0.3) is 0 Å². The highest BCUT2D eigenvalue weighted by Gasteiger charge is 2.16. The quantitative estimate of drug-likeness (QED) is 0.0914. The predicted molar refractivity (Wildman–Crippen MR) is 131 cm³/mol. The van der Waals surface area contributed by atoms with Gasteiger partial charge in [-0.1, -0.05) is 110 Å². The summed E-state index contributed by atoms with van der Waals surface area (Å²) in [6.07, 6.45) is 28.7. The van der Waals surface area contributed by atoms with Gasteiger partial charge >= 0.3 is 0 Å². The normalized spacial score (nSPS) is 15.5. The van der Waals surface area contributed by atoms with Crippen molar-refractivity contribution in [3.05, 3.63) is 0 Å². The summed E-state index contributed by atoms with van der Waals surface area (Å²) >= 11 is 2.10. The van der Waals surface area contributed by atoms with Crippen LogP contribution in [0.1, 0.15) is 136 Å². The van der Waals surface area contributed by atoms with Gasteiger partial charge in [-0.15, -0.1) is 0 Å². The van der Waals surface area contributed by atoms with Gasteiger partial charge in [-0.25, -0.2) is 0 Å². The second-order valence-electron chi connectivity index (χ2n) is 8.77. The highest BCUT2D eigenvalue weighted by Crippen LogP contribution is 2.30. The Hall–Kier alpha value is -0.180. The summed E-state index contributed by atoms with van der Waals surface area (Å²) in [6.45, 7) is 6.80. The lowest BCUT2D eigenvalue weighted by atomic mass is 10.0. The smallest absolute Gasteiger partial charge is 0.0949 e. The summed E-state index contributed by atoms with van der Waals surface area (Å²) in [7, 11) is 0. The molecule has 1 aliphatic rings. The molecule has 1 fully saturated rings. The lowest BCUT2D eigenvalue weighted by Gasteiger charge is -2.27. The molecule has 166 valence electrons. The van der Waals surface area contributed by atoms with Gasteiger partial charge in [0.2, 0.25) is 0 Å². The molecular formula is C25H50N2S. The fraction of sp³-hybridized carbons (Fsp3) is 0.960. The zero-order valence-corrected chi connectivity index (χ0v) is 20.1. The van der Waals surface area contributed by atoms with E-state index < -0.39 is 0 Å². The van der Waals surface area contributed by atoms with Gasteiger partial charge in [0.25, 0.3) is 0 Å². The Morgan fingerprint density at radius 2 is 1.25 bits per heavy atom. The molecular weight excluding hydrogens is 360 g/mol. The lowest BCUT2D eigenvalue weighted by Crippen LogP contribution is -2.21. The van der Waals surface area contributed by atoms with Crippen molar-refractivity contribution in [1.29, 1.82) is 0 Å². The highest BCUT2D eigenvalue weighted by molar-refractivity contribution is 7.98. The van der Waals surface area contributed by atoms with Gasteiger partial charge in [0, 0.05) is 18.3 Å². The average molecular weight is 411 g/mol. The molecule has 0 heterocycles. The van der Waals surface area contributed by atoms with Crippen molar-refractivity contribution in [3.8, 4) is 0 Å². The van der Waals surface area contributed by atoms with Crippen LogP contribution in [0.2, 0.25) is 0 Å². The summed E-state index contributed by atoms with van der Waals surface area (Å²) in [5.74, 6) is 0. The molecule has 0 bridgehead atoms. The molecule has 2 nitrogen and oxygen atoms in total. The van der Waals surface area contributed by atoms with Crippen LogP contribution < -0.4 is 0 Å². The van der Waals surface area contributed by atoms with E-state index in [1.54, 1.807) is 0 Å². The molecule has 3 heteroatoms. The van der Waals surface area contributed by atoms with Crippen molar-refractivity contribution >= 4 is 18.3 Å². The average Bonchev–Trinajstić information content (AvgIpc) is 2.72. The molecule has 0 aromatic carbocycles. The molecule has 1 rings (SSSR count). The van der Waals surface area contributed by atoms with Crippen molar-refractivity contribution in [2.45, 2.75) is 141 Å². The van der Waals surface area contributed by atoms with Crippen LogP contribution in [0, 0.1) is 0 Å². The third kappa shape index (κ3) is 15.7. The summed E-state index contributed by atoms with van der Waals surface area (Å²) in [4.78, 5) is 4.79. The predicted octanol–water partition coefficient (Wildman–Crippen LogP) is 8.80. The summed E-state index contributed by atoms with van der Waals surface area (Å²) in [6, 6.07) is 0. The molecule has 0 aliphatic heterocycles.